The van der Waals surface area contributed by atoms with Gasteiger partial charge in [0.2, 0.25) is 0 Å². The molecule has 28 heavy (non-hydrogen) atoms. The number of benzene rings is 3. The minimum absolute atomic E-state index is 0.242. The molecule has 4 rings (SSSR count). The molecule has 140 valence electrons. The van der Waals surface area contributed by atoms with Crippen LogP contribution in [0.5, 0.6) is 0 Å². The second-order valence-corrected chi connectivity index (χ2v) is 8.94. The van der Waals surface area contributed by atoms with Crippen molar-refractivity contribution in [3.05, 3.63) is 89.9 Å². The number of hydrogen-bond acceptors (Lipinski definition) is 4. The molecule has 0 unspecified atom stereocenters. The van der Waals surface area contributed by atoms with Crippen LogP contribution in [0.1, 0.15) is 5.56 Å². The average Bonchev–Trinajstić information content (AvgIpc) is 3.24. The molecule has 4 nitrogen and oxygen atoms in total. The van der Waals surface area contributed by atoms with E-state index in [9.17, 15) is 8.42 Å². The van der Waals surface area contributed by atoms with Crippen molar-refractivity contribution in [1.29, 1.82) is 0 Å². The van der Waals surface area contributed by atoms with Crippen LogP contribution in [0, 0.1) is 6.92 Å². The van der Waals surface area contributed by atoms with E-state index in [0.29, 0.717) is 5.69 Å². The Kier molecular flexibility index (Phi) is 4.98. The SMILES string of the molecule is Cc1ccc(-c2nccs2)cc1-c1ccc(NS(=O)(=O)c2ccccc2)cc1. The summed E-state index contributed by atoms with van der Waals surface area (Å²) in [7, 11) is -3.59. The fourth-order valence-electron chi connectivity index (χ4n) is 2.96. The summed E-state index contributed by atoms with van der Waals surface area (Å²) in [5.74, 6) is 0. The Labute approximate surface area is 168 Å². The van der Waals surface area contributed by atoms with Crippen LogP contribution in [0.15, 0.2) is 89.3 Å². The highest BCUT2D eigenvalue weighted by Crippen LogP contribution is 2.31. The van der Waals surface area contributed by atoms with Crippen LogP contribution in [-0.2, 0) is 10.0 Å². The summed E-state index contributed by atoms with van der Waals surface area (Å²) >= 11 is 1.60. The van der Waals surface area contributed by atoms with Gasteiger partial charge in [0.15, 0.2) is 0 Å². The van der Waals surface area contributed by atoms with E-state index in [0.717, 1.165) is 27.3 Å². The van der Waals surface area contributed by atoms with E-state index in [1.54, 1.807) is 60.0 Å². The van der Waals surface area contributed by atoms with Gasteiger partial charge in [-0.2, -0.15) is 0 Å². The summed E-state index contributed by atoms with van der Waals surface area (Å²) in [5.41, 5.74) is 4.88. The molecular weight excluding hydrogens is 388 g/mol. The molecule has 0 aliphatic carbocycles. The molecule has 4 aromatic rings. The van der Waals surface area contributed by atoms with Gasteiger partial charge in [-0.15, -0.1) is 11.3 Å². The fourth-order valence-corrected chi connectivity index (χ4v) is 4.68. The predicted molar refractivity (Wildman–Crippen MR) is 115 cm³/mol. The molecule has 0 saturated carbocycles. The van der Waals surface area contributed by atoms with Crippen LogP contribution in [0.4, 0.5) is 5.69 Å². The van der Waals surface area contributed by atoms with Gasteiger partial charge in [-0.05, 0) is 53.9 Å². The Morgan fingerprint density at radius 1 is 0.893 bits per heavy atom. The maximum Gasteiger partial charge on any atom is 0.261 e. The molecule has 0 saturated heterocycles. The van der Waals surface area contributed by atoms with Crippen LogP contribution < -0.4 is 4.72 Å². The first-order valence-corrected chi connectivity index (χ1v) is 11.1. The molecular formula is C22H18N2O2S2. The first-order chi connectivity index (χ1) is 13.5. The number of anilines is 1. The zero-order valence-corrected chi connectivity index (χ0v) is 16.8. The third-order valence-corrected chi connectivity index (χ3v) is 6.64. The highest BCUT2D eigenvalue weighted by molar-refractivity contribution is 7.92. The van der Waals surface area contributed by atoms with Gasteiger partial charge >= 0.3 is 0 Å². The van der Waals surface area contributed by atoms with Crippen LogP contribution in [0.2, 0.25) is 0 Å². The molecule has 6 heteroatoms. The van der Waals surface area contributed by atoms with Gasteiger partial charge < -0.3 is 0 Å². The van der Waals surface area contributed by atoms with Gasteiger partial charge in [0.1, 0.15) is 5.01 Å². The summed E-state index contributed by atoms with van der Waals surface area (Å²) in [4.78, 5) is 4.62. The molecule has 0 amide bonds. The molecule has 0 atom stereocenters. The zero-order valence-electron chi connectivity index (χ0n) is 15.2. The Hall–Kier alpha value is -2.96. The monoisotopic (exact) mass is 406 g/mol. The maximum atomic E-state index is 12.5. The smallest absolute Gasteiger partial charge is 0.261 e. The molecule has 0 fully saturated rings. The molecule has 0 radical (unpaired) electrons. The van der Waals surface area contributed by atoms with Crippen molar-refractivity contribution in [3.8, 4) is 21.7 Å². The lowest BCUT2D eigenvalue weighted by Crippen LogP contribution is -2.12. The third kappa shape index (κ3) is 3.83. The number of hydrogen-bond donors (Lipinski definition) is 1. The van der Waals surface area contributed by atoms with Gasteiger partial charge in [0, 0.05) is 22.8 Å². The number of thiazole rings is 1. The minimum atomic E-state index is -3.59. The zero-order chi connectivity index (χ0) is 19.6. The lowest BCUT2D eigenvalue weighted by Gasteiger charge is -2.11. The lowest BCUT2D eigenvalue weighted by atomic mass is 9.98. The van der Waals surface area contributed by atoms with E-state index in [1.165, 1.54) is 0 Å². The fraction of sp³-hybridized carbons (Fsp3) is 0.0455. The summed E-state index contributed by atoms with van der Waals surface area (Å²) < 4.78 is 27.6. The standard InChI is InChI=1S/C22H18N2O2S2/c1-16-7-8-18(22-23-13-14-27-22)15-21(16)17-9-11-19(12-10-17)24-28(25,26)20-5-3-2-4-6-20/h2-15,24H,1H3. The third-order valence-electron chi connectivity index (χ3n) is 4.42. The van der Waals surface area contributed by atoms with Crippen molar-refractivity contribution < 1.29 is 8.42 Å². The molecule has 0 aliphatic rings. The first kappa shape index (κ1) is 18.4. The molecule has 0 spiro atoms. The number of rotatable bonds is 5. The normalized spacial score (nSPS) is 11.3. The largest absolute Gasteiger partial charge is 0.280 e. The van der Waals surface area contributed by atoms with Gasteiger partial charge in [0.05, 0.1) is 4.90 Å². The van der Waals surface area contributed by atoms with Crippen LogP contribution in [-0.4, -0.2) is 13.4 Å². The summed E-state index contributed by atoms with van der Waals surface area (Å²) in [5, 5.41) is 2.94. The first-order valence-electron chi connectivity index (χ1n) is 8.72. The van der Waals surface area contributed by atoms with E-state index in [4.69, 9.17) is 0 Å². The average molecular weight is 407 g/mol. The Morgan fingerprint density at radius 3 is 2.29 bits per heavy atom. The van der Waals surface area contributed by atoms with Crippen molar-refractivity contribution >= 4 is 27.0 Å². The number of aromatic nitrogens is 1. The Morgan fingerprint density at radius 2 is 1.61 bits per heavy atom. The highest BCUT2D eigenvalue weighted by atomic mass is 32.2. The van der Waals surface area contributed by atoms with Gasteiger partial charge in [-0.3, -0.25) is 4.72 Å². The molecule has 1 aromatic heterocycles. The van der Waals surface area contributed by atoms with Crippen molar-refractivity contribution in [1.82, 2.24) is 4.98 Å². The van der Waals surface area contributed by atoms with Gasteiger partial charge in [-0.25, -0.2) is 13.4 Å². The van der Waals surface area contributed by atoms with Crippen molar-refractivity contribution in [2.75, 3.05) is 4.72 Å². The summed E-state index contributed by atoms with van der Waals surface area (Å²) in [6, 6.07) is 22.0. The predicted octanol–water partition coefficient (Wildman–Crippen LogP) is 5.59. The minimum Gasteiger partial charge on any atom is -0.280 e. The highest BCUT2D eigenvalue weighted by Gasteiger charge is 2.13. The van der Waals surface area contributed by atoms with E-state index < -0.39 is 10.0 Å². The van der Waals surface area contributed by atoms with Crippen LogP contribution in [0.25, 0.3) is 21.7 Å². The van der Waals surface area contributed by atoms with E-state index >= 15 is 0 Å². The second kappa shape index (κ2) is 7.58. The molecule has 3 aromatic carbocycles. The quantitative estimate of drug-likeness (QED) is 0.470. The molecule has 1 N–H and O–H groups in total. The second-order valence-electron chi connectivity index (χ2n) is 6.36. The van der Waals surface area contributed by atoms with Gasteiger partial charge in [0.25, 0.3) is 10.0 Å². The van der Waals surface area contributed by atoms with Crippen molar-refractivity contribution in [3.63, 3.8) is 0 Å². The number of nitrogens with one attached hydrogen (secondary N) is 1. The van der Waals surface area contributed by atoms with E-state index in [2.05, 4.69) is 34.8 Å². The Balaban J connectivity index is 1.61. The van der Waals surface area contributed by atoms with Crippen molar-refractivity contribution in [2.45, 2.75) is 11.8 Å². The molecule has 1 heterocycles. The number of aryl methyl sites for hydroxylation is 1. The summed E-state index contributed by atoms with van der Waals surface area (Å²) in [6.07, 6.45) is 1.80. The number of sulfonamides is 1. The summed E-state index contributed by atoms with van der Waals surface area (Å²) in [6.45, 7) is 2.06. The lowest BCUT2D eigenvalue weighted by molar-refractivity contribution is 0.601. The van der Waals surface area contributed by atoms with Gasteiger partial charge in [-0.1, -0.05) is 42.5 Å². The van der Waals surface area contributed by atoms with E-state index in [-0.39, 0.29) is 4.90 Å². The van der Waals surface area contributed by atoms with Crippen molar-refractivity contribution in [2.24, 2.45) is 0 Å². The van der Waals surface area contributed by atoms with E-state index in [1.807, 2.05) is 17.5 Å². The molecule has 0 bridgehead atoms. The number of nitrogens with zero attached hydrogens (tertiary/aromatic N) is 1. The maximum absolute atomic E-state index is 12.5. The molecule has 0 aliphatic heterocycles. The van der Waals surface area contributed by atoms with Crippen LogP contribution in [0.3, 0.4) is 0 Å². The topological polar surface area (TPSA) is 59.1 Å². The van der Waals surface area contributed by atoms with Crippen LogP contribution >= 0.6 is 11.3 Å². The Bertz CT molecular complexity index is 1190.